The Bertz CT molecular complexity index is 871. The number of carbonyl (C=O) groups is 1. The van der Waals surface area contributed by atoms with Crippen LogP contribution in [0.4, 0.5) is 5.69 Å². The summed E-state index contributed by atoms with van der Waals surface area (Å²) < 4.78 is 26.5. The fourth-order valence-electron chi connectivity index (χ4n) is 4.98. The number of sulfonamides is 1. The second-order valence-corrected chi connectivity index (χ2v) is 11.9. The Morgan fingerprint density at radius 3 is 2.35 bits per heavy atom. The minimum absolute atomic E-state index is 0.0226. The lowest BCUT2D eigenvalue weighted by atomic mass is 9.92. The molecule has 1 amide bonds. The van der Waals surface area contributed by atoms with Crippen LogP contribution in [-0.4, -0.2) is 76.4 Å². The van der Waals surface area contributed by atoms with Crippen molar-refractivity contribution >= 4 is 21.6 Å². The largest absolute Gasteiger partial charge is 0.371 e. The van der Waals surface area contributed by atoms with Crippen LogP contribution in [0, 0.1) is 11.8 Å². The van der Waals surface area contributed by atoms with Crippen molar-refractivity contribution in [3.63, 3.8) is 0 Å². The van der Waals surface area contributed by atoms with Crippen LogP contribution in [0.3, 0.4) is 0 Å². The summed E-state index contributed by atoms with van der Waals surface area (Å²) in [7, 11) is -0.598. The second kappa shape index (κ2) is 9.88. The van der Waals surface area contributed by atoms with Crippen molar-refractivity contribution in [2.45, 2.75) is 51.0 Å². The summed E-state index contributed by atoms with van der Waals surface area (Å²) in [5.41, 5.74) is 1.26. The third-order valence-electron chi connectivity index (χ3n) is 6.29. The van der Waals surface area contributed by atoms with Crippen molar-refractivity contribution in [2.24, 2.45) is 11.8 Å². The molecule has 0 spiro atoms. The van der Waals surface area contributed by atoms with E-state index < -0.39 is 10.0 Å². The quantitative estimate of drug-likeness (QED) is 0.691. The zero-order valence-electron chi connectivity index (χ0n) is 19.6. The van der Waals surface area contributed by atoms with E-state index in [1.54, 1.807) is 12.1 Å². The fourth-order valence-corrected chi connectivity index (χ4v) is 5.91. The summed E-state index contributed by atoms with van der Waals surface area (Å²) >= 11 is 0. The normalized spacial score (nSPS) is 23.9. The maximum absolute atomic E-state index is 13.3. The molecule has 0 aromatic heterocycles. The van der Waals surface area contributed by atoms with E-state index in [1.807, 2.05) is 6.92 Å². The van der Waals surface area contributed by atoms with Gasteiger partial charge < -0.3 is 15.1 Å². The lowest BCUT2D eigenvalue weighted by molar-refractivity contribution is 0.0905. The molecule has 7 nitrogen and oxygen atoms in total. The van der Waals surface area contributed by atoms with Gasteiger partial charge in [-0.2, -0.15) is 0 Å². The van der Waals surface area contributed by atoms with Crippen LogP contribution in [0.1, 0.15) is 50.4 Å². The molecule has 2 fully saturated rings. The van der Waals surface area contributed by atoms with Gasteiger partial charge in [-0.05, 0) is 56.2 Å². The lowest BCUT2D eigenvalue weighted by Crippen LogP contribution is -2.47. The van der Waals surface area contributed by atoms with Gasteiger partial charge in [-0.25, -0.2) is 12.7 Å². The number of likely N-dealkylation sites (tertiary alicyclic amines) is 1. The minimum atomic E-state index is -3.61. The predicted octanol–water partition coefficient (Wildman–Crippen LogP) is 2.63. The summed E-state index contributed by atoms with van der Waals surface area (Å²) in [4.78, 5) is 18.0. The van der Waals surface area contributed by atoms with Crippen molar-refractivity contribution in [3.05, 3.63) is 23.8 Å². The first kappa shape index (κ1) is 24.0. The number of hydrogen-bond donors (Lipinski definition) is 1. The third-order valence-corrected chi connectivity index (χ3v) is 8.10. The Morgan fingerprint density at radius 2 is 1.77 bits per heavy atom. The molecule has 0 radical (unpaired) electrons. The van der Waals surface area contributed by atoms with E-state index in [2.05, 4.69) is 29.0 Å². The van der Waals surface area contributed by atoms with Crippen LogP contribution in [-0.2, 0) is 10.0 Å². The Balaban J connectivity index is 1.80. The molecule has 31 heavy (non-hydrogen) atoms. The van der Waals surface area contributed by atoms with Crippen molar-refractivity contribution in [2.75, 3.05) is 51.7 Å². The number of nitrogens with one attached hydrogen (secondary N) is 1. The zero-order chi connectivity index (χ0) is 22.8. The topological polar surface area (TPSA) is 73.0 Å². The van der Waals surface area contributed by atoms with Crippen LogP contribution in [0.25, 0.3) is 0 Å². The zero-order valence-corrected chi connectivity index (χ0v) is 20.4. The summed E-state index contributed by atoms with van der Waals surface area (Å²) in [6, 6.07) is 4.91. The van der Waals surface area contributed by atoms with Gasteiger partial charge in [0.15, 0.2) is 0 Å². The van der Waals surface area contributed by atoms with E-state index in [-0.39, 0.29) is 16.8 Å². The van der Waals surface area contributed by atoms with E-state index in [0.29, 0.717) is 17.4 Å². The van der Waals surface area contributed by atoms with Gasteiger partial charge in [-0.3, -0.25) is 4.79 Å². The molecule has 174 valence electrons. The Kier molecular flexibility index (Phi) is 7.65. The van der Waals surface area contributed by atoms with Gasteiger partial charge in [0.1, 0.15) is 0 Å². The van der Waals surface area contributed by atoms with E-state index in [4.69, 9.17) is 0 Å². The van der Waals surface area contributed by atoms with Gasteiger partial charge in [0, 0.05) is 58.5 Å². The number of anilines is 1. The number of hydrogen-bond acceptors (Lipinski definition) is 5. The van der Waals surface area contributed by atoms with Crippen molar-refractivity contribution in [1.82, 2.24) is 14.5 Å². The number of carbonyl (C=O) groups excluding carboxylic acids is 1. The molecule has 1 aromatic rings. The van der Waals surface area contributed by atoms with E-state index >= 15 is 0 Å². The fraction of sp³-hybridized carbons (Fsp3) is 0.696. The van der Waals surface area contributed by atoms with Gasteiger partial charge in [0.2, 0.25) is 10.0 Å². The summed E-state index contributed by atoms with van der Waals surface area (Å²) in [5, 5.41) is 3.13. The lowest BCUT2D eigenvalue weighted by Gasteiger charge is -2.36. The smallest absolute Gasteiger partial charge is 0.253 e. The molecule has 3 atom stereocenters. The van der Waals surface area contributed by atoms with Gasteiger partial charge >= 0.3 is 0 Å². The SMILES string of the molecule is CC1CC(C)CN(CC(C)NC(=O)c2cc(S(=O)(=O)N(C)C)ccc2N2CCCC2)C1. The van der Waals surface area contributed by atoms with E-state index in [0.717, 1.165) is 51.3 Å². The molecule has 8 heteroatoms. The van der Waals surface area contributed by atoms with Crippen LogP contribution < -0.4 is 10.2 Å². The van der Waals surface area contributed by atoms with E-state index in [9.17, 15) is 13.2 Å². The summed E-state index contributed by atoms with van der Waals surface area (Å²) in [6.07, 6.45) is 3.42. The first-order valence-corrected chi connectivity index (χ1v) is 12.9. The maximum atomic E-state index is 13.3. The molecule has 1 aromatic carbocycles. The monoisotopic (exact) mass is 450 g/mol. The molecule has 2 saturated heterocycles. The third kappa shape index (κ3) is 5.79. The van der Waals surface area contributed by atoms with Crippen LogP contribution in [0.2, 0.25) is 0 Å². The van der Waals surface area contributed by atoms with Crippen LogP contribution in [0.15, 0.2) is 23.1 Å². The molecule has 0 bridgehead atoms. The van der Waals surface area contributed by atoms with Crippen molar-refractivity contribution < 1.29 is 13.2 Å². The second-order valence-electron chi connectivity index (χ2n) is 9.70. The first-order chi connectivity index (χ1) is 14.6. The summed E-state index contributed by atoms with van der Waals surface area (Å²) in [5.74, 6) is 1.13. The Morgan fingerprint density at radius 1 is 1.16 bits per heavy atom. The highest BCUT2D eigenvalue weighted by atomic mass is 32.2. The van der Waals surface area contributed by atoms with Gasteiger partial charge in [0.05, 0.1) is 10.5 Å². The summed E-state index contributed by atoms with van der Waals surface area (Å²) in [6.45, 7) is 11.3. The molecular formula is C23H38N4O3S. The number of benzene rings is 1. The van der Waals surface area contributed by atoms with Crippen molar-refractivity contribution in [3.8, 4) is 0 Å². The number of rotatable bonds is 7. The van der Waals surface area contributed by atoms with E-state index in [1.165, 1.54) is 30.9 Å². The average molecular weight is 451 g/mol. The molecule has 3 unspecified atom stereocenters. The molecule has 2 heterocycles. The first-order valence-electron chi connectivity index (χ1n) is 11.4. The van der Waals surface area contributed by atoms with Gasteiger partial charge in [-0.15, -0.1) is 0 Å². The van der Waals surface area contributed by atoms with Crippen molar-refractivity contribution in [1.29, 1.82) is 0 Å². The number of piperidine rings is 1. The molecule has 2 aliphatic rings. The Labute approximate surface area is 187 Å². The highest BCUT2D eigenvalue weighted by Crippen LogP contribution is 2.28. The molecule has 1 N–H and O–H groups in total. The number of amides is 1. The molecule has 2 aliphatic heterocycles. The average Bonchev–Trinajstić information content (AvgIpc) is 3.21. The molecular weight excluding hydrogens is 412 g/mol. The highest BCUT2D eigenvalue weighted by molar-refractivity contribution is 7.89. The van der Waals surface area contributed by atoms with Crippen LogP contribution >= 0.6 is 0 Å². The predicted molar refractivity (Wildman–Crippen MR) is 125 cm³/mol. The van der Waals surface area contributed by atoms with Gasteiger partial charge in [-0.1, -0.05) is 13.8 Å². The molecule has 0 saturated carbocycles. The standard InChI is InChI=1S/C23H38N4O3S/c1-17-12-18(2)15-26(14-17)16-19(3)24-23(28)21-13-20(31(29,30)25(4)5)8-9-22(21)27-10-6-7-11-27/h8-9,13,17-19H,6-7,10-12,14-16H2,1-5H3,(H,24,28). The highest BCUT2D eigenvalue weighted by Gasteiger charge is 2.27. The van der Waals surface area contributed by atoms with Gasteiger partial charge in [0.25, 0.3) is 5.91 Å². The minimum Gasteiger partial charge on any atom is -0.371 e. The Hall–Kier alpha value is -1.64. The van der Waals surface area contributed by atoms with Crippen LogP contribution in [0.5, 0.6) is 0 Å². The molecule has 0 aliphatic carbocycles. The number of nitrogens with zero attached hydrogens (tertiary/aromatic N) is 3. The maximum Gasteiger partial charge on any atom is 0.253 e. The molecule has 3 rings (SSSR count).